The van der Waals surface area contributed by atoms with Crippen LogP contribution in [0.3, 0.4) is 0 Å². The normalized spacial score (nSPS) is 17.6. The van der Waals surface area contributed by atoms with Gasteiger partial charge in [-0.25, -0.2) is 0 Å². The Kier molecular flexibility index (Phi) is 4.65. The molecule has 0 aliphatic heterocycles. The van der Waals surface area contributed by atoms with Crippen LogP contribution in [0.5, 0.6) is 5.88 Å². The van der Waals surface area contributed by atoms with Crippen molar-refractivity contribution >= 4 is 11.8 Å². The second-order valence-electron chi connectivity index (χ2n) is 4.89. The Balaban J connectivity index is 2.06. The molecule has 1 aromatic rings. The molecule has 0 bridgehead atoms. The molecule has 6 nitrogen and oxygen atoms in total. The van der Waals surface area contributed by atoms with E-state index in [1.54, 1.807) is 25.3 Å². The van der Waals surface area contributed by atoms with Crippen LogP contribution in [0.4, 0.5) is 0 Å². The highest BCUT2D eigenvalue weighted by Crippen LogP contribution is 2.36. The van der Waals surface area contributed by atoms with E-state index < -0.39 is 5.41 Å². The number of carbonyl (C=O) groups excluding carboxylic acids is 2. The molecule has 0 aromatic carbocycles. The molecule has 0 atom stereocenters. The number of esters is 1. The van der Waals surface area contributed by atoms with E-state index in [0.717, 1.165) is 0 Å². The Labute approximate surface area is 117 Å². The number of aromatic nitrogens is 2. The van der Waals surface area contributed by atoms with E-state index in [-0.39, 0.29) is 18.4 Å². The number of Topliss-reactive ketones (excluding diaryl/α,β-unsaturated/α-hetero) is 1. The van der Waals surface area contributed by atoms with Gasteiger partial charge in [0.2, 0.25) is 5.88 Å². The quantitative estimate of drug-likeness (QED) is 0.760. The van der Waals surface area contributed by atoms with Crippen LogP contribution in [0.2, 0.25) is 0 Å². The average molecular weight is 278 g/mol. The van der Waals surface area contributed by atoms with Crippen LogP contribution in [0, 0.1) is 5.41 Å². The molecule has 0 N–H and O–H groups in total. The summed E-state index contributed by atoms with van der Waals surface area (Å²) in [6.45, 7) is 2.25. The lowest BCUT2D eigenvalue weighted by Gasteiger charge is -2.33. The third kappa shape index (κ3) is 3.31. The largest absolute Gasteiger partial charge is 0.475 e. The fourth-order valence-electron chi connectivity index (χ4n) is 2.28. The summed E-state index contributed by atoms with van der Waals surface area (Å²) in [6, 6.07) is 3.39. The molecule has 108 valence electrons. The standard InChI is InChI=1S/C14H18N2O4/c1-2-19-13(18)14(7-5-11(17)6-8-14)10-20-12-4-3-9-15-16-12/h3-4,9H,2,5-8,10H2,1H3. The molecule has 1 fully saturated rings. The van der Waals surface area contributed by atoms with Crippen LogP contribution in [0.1, 0.15) is 32.6 Å². The second kappa shape index (κ2) is 6.45. The lowest BCUT2D eigenvalue weighted by Crippen LogP contribution is -2.42. The maximum Gasteiger partial charge on any atom is 0.315 e. The van der Waals surface area contributed by atoms with Gasteiger partial charge in [0.15, 0.2) is 0 Å². The summed E-state index contributed by atoms with van der Waals surface area (Å²) in [5.41, 5.74) is -0.749. The average Bonchev–Trinajstić information content (AvgIpc) is 2.48. The van der Waals surface area contributed by atoms with E-state index in [0.29, 0.717) is 38.2 Å². The van der Waals surface area contributed by atoms with Gasteiger partial charge >= 0.3 is 5.97 Å². The summed E-state index contributed by atoms with van der Waals surface area (Å²) in [6.07, 6.45) is 3.26. The number of hydrogen-bond donors (Lipinski definition) is 0. The zero-order valence-electron chi connectivity index (χ0n) is 11.5. The molecular formula is C14H18N2O4. The van der Waals surface area contributed by atoms with Gasteiger partial charge < -0.3 is 9.47 Å². The van der Waals surface area contributed by atoms with Gasteiger partial charge in [-0.05, 0) is 25.8 Å². The molecule has 1 aromatic heterocycles. The minimum atomic E-state index is -0.749. The van der Waals surface area contributed by atoms with Crippen molar-refractivity contribution in [1.29, 1.82) is 0 Å². The predicted molar refractivity (Wildman–Crippen MR) is 70.1 cm³/mol. The third-order valence-electron chi connectivity index (χ3n) is 3.52. The summed E-state index contributed by atoms with van der Waals surface area (Å²) in [5.74, 6) is 0.258. The lowest BCUT2D eigenvalue weighted by atomic mass is 9.74. The van der Waals surface area contributed by atoms with Crippen molar-refractivity contribution in [1.82, 2.24) is 10.2 Å². The van der Waals surface area contributed by atoms with Crippen LogP contribution < -0.4 is 4.74 Å². The minimum Gasteiger partial charge on any atom is -0.475 e. The summed E-state index contributed by atoms with van der Waals surface area (Å²) in [5, 5.41) is 7.54. The first kappa shape index (κ1) is 14.4. The van der Waals surface area contributed by atoms with E-state index in [1.165, 1.54) is 0 Å². The first-order valence-electron chi connectivity index (χ1n) is 6.76. The summed E-state index contributed by atoms with van der Waals surface area (Å²) < 4.78 is 10.7. The molecular weight excluding hydrogens is 260 g/mol. The van der Waals surface area contributed by atoms with Crippen LogP contribution in [-0.2, 0) is 14.3 Å². The monoisotopic (exact) mass is 278 g/mol. The molecule has 1 saturated carbocycles. The number of nitrogens with zero attached hydrogens (tertiary/aromatic N) is 2. The molecule has 1 aliphatic rings. The Morgan fingerprint density at radius 2 is 2.15 bits per heavy atom. The van der Waals surface area contributed by atoms with Gasteiger partial charge in [0.05, 0.1) is 6.61 Å². The first-order chi connectivity index (χ1) is 9.66. The van der Waals surface area contributed by atoms with Crippen molar-refractivity contribution in [3.63, 3.8) is 0 Å². The van der Waals surface area contributed by atoms with E-state index in [4.69, 9.17) is 9.47 Å². The number of rotatable bonds is 5. The zero-order valence-corrected chi connectivity index (χ0v) is 11.5. The van der Waals surface area contributed by atoms with Crippen molar-refractivity contribution in [2.24, 2.45) is 5.41 Å². The molecule has 0 radical (unpaired) electrons. The van der Waals surface area contributed by atoms with E-state index >= 15 is 0 Å². The lowest BCUT2D eigenvalue weighted by molar-refractivity contribution is -0.160. The van der Waals surface area contributed by atoms with Gasteiger partial charge in [-0.3, -0.25) is 9.59 Å². The molecule has 0 unspecified atom stereocenters. The minimum absolute atomic E-state index is 0.164. The molecule has 0 spiro atoms. The first-order valence-corrected chi connectivity index (χ1v) is 6.76. The fourth-order valence-corrected chi connectivity index (χ4v) is 2.28. The van der Waals surface area contributed by atoms with Gasteiger partial charge in [-0.15, -0.1) is 5.10 Å². The number of ether oxygens (including phenoxy) is 2. The Morgan fingerprint density at radius 1 is 1.40 bits per heavy atom. The predicted octanol–water partition coefficient (Wildman–Crippen LogP) is 1.55. The van der Waals surface area contributed by atoms with Crippen LogP contribution >= 0.6 is 0 Å². The van der Waals surface area contributed by atoms with Gasteiger partial charge in [0.25, 0.3) is 0 Å². The molecule has 2 rings (SSSR count). The molecule has 6 heteroatoms. The molecule has 1 heterocycles. The summed E-state index contributed by atoms with van der Waals surface area (Å²) >= 11 is 0. The van der Waals surface area contributed by atoms with Crippen molar-refractivity contribution in [3.05, 3.63) is 18.3 Å². The highest BCUT2D eigenvalue weighted by atomic mass is 16.5. The van der Waals surface area contributed by atoms with Crippen molar-refractivity contribution in [2.45, 2.75) is 32.6 Å². The van der Waals surface area contributed by atoms with Crippen LogP contribution in [0.15, 0.2) is 18.3 Å². The Hall–Kier alpha value is -1.98. The van der Waals surface area contributed by atoms with Gasteiger partial charge in [0.1, 0.15) is 17.8 Å². The van der Waals surface area contributed by atoms with Gasteiger partial charge in [0, 0.05) is 25.1 Å². The Bertz CT molecular complexity index is 465. The van der Waals surface area contributed by atoms with Crippen LogP contribution in [0.25, 0.3) is 0 Å². The number of ketones is 1. The van der Waals surface area contributed by atoms with E-state index in [2.05, 4.69) is 10.2 Å². The topological polar surface area (TPSA) is 78.4 Å². The SMILES string of the molecule is CCOC(=O)C1(COc2cccnn2)CCC(=O)CC1. The van der Waals surface area contributed by atoms with E-state index in [9.17, 15) is 9.59 Å². The smallest absolute Gasteiger partial charge is 0.315 e. The Morgan fingerprint density at radius 3 is 2.75 bits per heavy atom. The van der Waals surface area contributed by atoms with Gasteiger partial charge in [-0.2, -0.15) is 5.10 Å². The van der Waals surface area contributed by atoms with Crippen molar-refractivity contribution < 1.29 is 19.1 Å². The molecule has 0 amide bonds. The highest BCUT2D eigenvalue weighted by molar-refractivity contribution is 5.84. The highest BCUT2D eigenvalue weighted by Gasteiger charge is 2.43. The van der Waals surface area contributed by atoms with Crippen LogP contribution in [-0.4, -0.2) is 35.2 Å². The number of carbonyl (C=O) groups is 2. The third-order valence-corrected chi connectivity index (χ3v) is 3.52. The molecule has 0 saturated heterocycles. The maximum absolute atomic E-state index is 12.2. The van der Waals surface area contributed by atoms with Crippen molar-refractivity contribution in [2.75, 3.05) is 13.2 Å². The van der Waals surface area contributed by atoms with E-state index in [1.807, 2.05) is 0 Å². The maximum atomic E-state index is 12.2. The second-order valence-corrected chi connectivity index (χ2v) is 4.89. The summed E-state index contributed by atoms with van der Waals surface area (Å²) in [7, 11) is 0. The zero-order chi connectivity index (χ0) is 14.4. The molecule has 20 heavy (non-hydrogen) atoms. The van der Waals surface area contributed by atoms with Crippen molar-refractivity contribution in [3.8, 4) is 5.88 Å². The molecule has 1 aliphatic carbocycles. The summed E-state index contributed by atoms with van der Waals surface area (Å²) in [4.78, 5) is 23.6. The fraction of sp³-hybridized carbons (Fsp3) is 0.571. The van der Waals surface area contributed by atoms with Gasteiger partial charge in [-0.1, -0.05) is 0 Å². The number of hydrogen-bond acceptors (Lipinski definition) is 6.